The molecule has 1 amide bonds. The van der Waals surface area contributed by atoms with Gasteiger partial charge in [0.05, 0.1) is 11.4 Å². The van der Waals surface area contributed by atoms with Gasteiger partial charge in [0.2, 0.25) is 5.91 Å². The second-order valence-electron chi connectivity index (χ2n) is 6.68. The van der Waals surface area contributed by atoms with Crippen molar-refractivity contribution in [1.82, 2.24) is 15.3 Å². The highest BCUT2D eigenvalue weighted by atomic mass is 32.1. The number of pyridine rings is 1. The molecule has 1 unspecified atom stereocenters. The van der Waals surface area contributed by atoms with E-state index in [2.05, 4.69) is 10.3 Å². The van der Waals surface area contributed by atoms with E-state index in [1.807, 2.05) is 24.3 Å². The predicted octanol–water partition coefficient (Wildman–Crippen LogP) is 3.81. The molecule has 0 aliphatic heterocycles. The van der Waals surface area contributed by atoms with Crippen LogP contribution < -0.4 is 5.32 Å². The molecule has 1 aromatic carbocycles. The van der Waals surface area contributed by atoms with Crippen LogP contribution in [0.4, 0.5) is 4.39 Å². The molecular weight excluding hydrogens is 361 g/mol. The topological polar surface area (TPSA) is 54.9 Å². The molecule has 1 atom stereocenters. The number of halogens is 1. The van der Waals surface area contributed by atoms with Crippen molar-refractivity contribution in [2.24, 2.45) is 5.92 Å². The van der Waals surface area contributed by atoms with Crippen molar-refractivity contribution < 1.29 is 9.18 Å². The minimum absolute atomic E-state index is 0.0461. The quantitative estimate of drug-likeness (QED) is 0.731. The number of carbonyl (C=O) groups is 1. The third-order valence-electron chi connectivity index (χ3n) is 4.85. The number of hydrogen-bond acceptors (Lipinski definition) is 4. The Morgan fingerprint density at radius 1 is 1.22 bits per heavy atom. The molecule has 6 heteroatoms. The molecule has 1 aliphatic carbocycles. The number of fused-ring (bicyclic) bond motifs is 1. The minimum Gasteiger partial charge on any atom is -0.356 e. The average Bonchev–Trinajstić information content (AvgIpc) is 3.13. The zero-order valence-corrected chi connectivity index (χ0v) is 15.6. The number of amides is 1. The van der Waals surface area contributed by atoms with Gasteiger partial charge in [-0.25, -0.2) is 9.37 Å². The summed E-state index contributed by atoms with van der Waals surface area (Å²) in [6, 6.07) is 12.5. The fraction of sp³-hybridized carbons (Fsp3) is 0.286. The van der Waals surface area contributed by atoms with E-state index in [0.29, 0.717) is 24.9 Å². The number of nitrogens with zero attached hydrogens (tertiary/aromatic N) is 2. The van der Waals surface area contributed by atoms with Crippen LogP contribution in [0, 0.1) is 11.7 Å². The van der Waals surface area contributed by atoms with E-state index < -0.39 is 0 Å². The van der Waals surface area contributed by atoms with Crippen molar-refractivity contribution in [1.29, 1.82) is 0 Å². The molecule has 0 saturated carbocycles. The second kappa shape index (κ2) is 7.96. The largest absolute Gasteiger partial charge is 0.356 e. The lowest BCUT2D eigenvalue weighted by atomic mass is 9.90. The first-order valence-electron chi connectivity index (χ1n) is 9.12. The van der Waals surface area contributed by atoms with Gasteiger partial charge in [0.15, 0.2) is 0 Å². The Balaban J connectivity index is 1.36. The summed E-state index contributed by atoms with van der Waals surface area (Å²) in [7, 11) is 0. The van der Waals surface area contributed by atoms with Crippen LogP contribution in [0.1, 0.15) is 22.6 Å². The van der Waals surface area contributed by atoms with E-state index in [4.69, 9.17) is 4.98 Å². The first-order chi connectivity index (χ1) is 13.2. The minimum atomic E-state index is -0.222. The summed E-state index contributed by atoms with van der Waals surface area (Å²) in [6.07, 6.45) is 4.58. The van der Waals surface area contributed by atoms with Crippen molar-refractivity contribution in [3.8, 4) is 10.7 Å². The van der Waals surface area contributed by atoms with E-state index in [1.165, 1.54) is 10.9 Å². The van der Waals surface area contributed by atoms with Crippen molar-refractivity contribution in [3.63, 3.8) is 0 Å². The molecular formula is C21H20FN3OS. The monoisotopic (exact) mass is 381 g/mol. The molecule has 2 aromatic heterocycles. The maximum atomic E-state index is 13.7. The third kappa shape index (κ3) is 4.06. The van der Waals surface area contributed by atoms with Gasteiger partial charge in [-0.1, -0.05) is 24.3 Å². The molecule has 0 radical (unpaired) electrons. The number of rotatable bonds is 5. The Hall–Kier alpha value is -2.60. The van der Waals surface area contributed by atoms with Gasteiger partial charge < -0.3 is 5.32 Å². The lowest BCUT2D eigenvalue weighted by Gasteiger charge is -2.20. The summed E-state index contributed by atoms with van der Waals surface area (Å²) in [4.78, 5) is 22.8. The van der Waals surface area contributed by atoms with Crippen LogP contribution in [0.3, 0.4) is 0 Å². The van der Waals surface area contributed by atoms with Gasteiger partial charge in [-0.2, -0.15) is 0 Å². The molecule has 0 fully saturated rings. The normalized spacial score (nSPS) is 16.0. The van der Waals surface area contributed by atoms with Crippen molar-refractivity contribution in [2.75, 3.05) is 6.54 Å². The zero-order valence-electron chi connectivity index (χ0n) is 14.8. The molecule has 0 saturated heterocycles. The van der Waals surface area contributed by atoms with Crippen LogP contribution in [0.5, 0.6) is 0 Å². The highest BCUT2D eigenvalue weighted by Gasteiger charge is 2.27. The summed E-state index contributed by atoms with van der Waals surface area (Å²) in [5, 5.41) is 3.88. The standard InChI is InChI=1S/C21H20FN3OS/c22-16-6-2-1-5-14(16)10-12-24-20(26)15-8-9-17-19(13-15)27-21(25-17)18-7-3-4-11-23-18/h1-7,11,15H,8-10,12-13H2,(H,24,26). The molecule has 0 spiro atoms. The Morgan fingerprint density at radius 2 is 2.07 bits per heavy atom. The van der Waals surface area contributed by atoms with Gasteiger partial charge in [0, 0.05) is 23.5 Å². The number of benzene rings is 1. The maximum Gasteiger partial charge on any atom is 0.223 e. The fourth-order valence-corrected chi connectivity index (χ4v) is 4.53. The molecule has 27 heavy (non-hydrogen) atoms. The van der Waals surface area contributed by atoms with Crippen LogP contribution in [-0.4, -0.2) is 22.4 Å². The Bertz CT molecular complexity index is 942. The molecule has 1 aliphatic rings. The van der Waals surface area contributed by atoms with Gasteiger partial charge in [-0.05, 0) is 49.4 Å². The number of aromatic nitrogens is 2. The van der Waals surface area contributed by atoms with Gasteiger partial charge in [0.1, 0.15) is 10.8 Å². The van der Waals surface area contributed by atoms with E-state index in [9.17, 15) is 9.18 Å². The molecule has 2 heterocycles. The lowest BCUT2D eigenvalue weighted by Crippen LogP contribution is -2.35. The van der Waals surface area contributed by atoms with Gasteiger partial charge >= 0.3 is 0 Å². The molecule has 4 rings (SSSR count). The Morgan fingerprint density at radius 3 is 2.89 bits per heavy atom. The van der Waals surface area contributed by atoms with Crippen LogP contribution in [0.2, 0.25) is 0 Å². The number of thiazole rings is 1. The molecule has 1 N–H and O–H groups in total. The molecule has 138 valence electrons. The van der Waals surface area contributed by atoms with Crippen LogP contribution in [-0.2, 0) is 24.1 Å². The van der Waals surface area contributed by atoms with Crippen molar-refractivity contribution in [2.45, 2.75) is 25.7 Å². The van der Waals surface area contributed by atoms with E-state index in [1.54, 1.807) is 29.7 Å². The van der Waals surface area contributed by atoms with Gasteiger partial charge in [0.25, 0.3) is 0 Å². The SMILES string of the molecule is O=C(NCCc1ccccc1F)C1CCc2nc(-c3ccccn3)sc2C1. The maximum absolute atomic E-state index is 13.7. The predicted molar refractivity (Wildman–Crippen MR) is 104 cm³/mol. The summed E-state index contributed by atoms with van der Waals surface area (Å²) < 4.78 is 13.7. The molecule has 4 nitrogen and oxygen atoms in total. The summed E-state index contributed by atoms with van der Waals surface area (Å²) in [6.45, 7) is 0.449. The number of hydrogen-bond donors (Lipinski definition) is 1. The number of aryl methyl sites for hydroxylation is 1. The summed E-state index contributed by atoms with van der Waals surface area (Å²) in [5.74, 6) is -0.222. The lowest BCUT2D eigenvalue weighted by molar-refractivity contribution is -0.125. The molecule has 0 bridgehead atoms. The second-order valence-corrected chi connectivity index (χ2v) is 7.76. The van der Waals surface area contributed by atoms with Crippen molar-refractivity contribution >= 4 is 17.2 Å². The van der Waals surface area contributed by atoms with Crippen LogP contribution >= 0.6 is 11.3 Å². The molecule has 3 aromatic rings. The zero-order chi connectivity index (χ0) is 18.6. The number of carbonyl (C=O) groups excluding carboxylic acids is 1. The third-order valence-corrected chi connectivity index (χ3v) is 5.99. The first kappa shape index (κ1) is 17.8. The van der Waals surface area contributed by atoms with E-state index >= 15 is 0 Å². The van der Waals surface area contributed by atoms with Crippen LogP contribution in [0.15, 0.2) is 48.7 Å². The highest BCUT2D eigenvalue weighted by molar-refractivity contribution is 7.15. The smallest absolute Gasteiger partial charge is 0.223 e. The van der Waals surface area contributed by atoms with Gasteiger partial charge in [-0.3, -0.25) is 9.78 Å². The summed E-state index contributed by atoms with van der Waals surface area (Å²) >= 11 is 1.63. The Kier molecular flexibility index (Phi) is 5.25. The van der Waals surface area contributed by atoms with E-state index in [0.717, 1.165) is 29.2 Å². The van der Waals surface area contributed by atoms with E-state index in [-0.39, 0.29) is 17.6 Å². The fourth-order valence-electron chi connectivity index (χ4n) is 3.36. The summed E-state index contributed by atoms with van der Waals surface area (Å²) in [5.41, 5.74) is 2.60. The number of nitrogens with one attached hydrogen (secondary N) is 1. The highest BCUT2D eigenvalue weighted by Crippen LogP contribution is 2.33. The van der Waals surface area contributed by atoms with Crippen molar-refractivity contribution in [3.05, 3.63) is 70.6 Å². The Labute approximate surface area is 161 Å². The first-order valence-corrected chi connectivity index (χ1v) is 9.93. The van der Waals surface area contributed by atoms with Crippen LogP contribution in [0.25, 0.3) is 10.7 Å². The van der Waals surface area contributed by atoms with Gasteiger partial charge in [-0.15, -0.1) is 11.3 Å². The average molecular weight is 381 g/mol.